The molecule has 1 fully saturated rings. The van der Waals surface area contributed by atoms with Crippen molar-refractivity contribution in [3.05, 3.63) is 29.1 Å². The monoisotopic (exact) mass is 292 g/mol. The van der Waals surface area contributed by atoms with Crippen LogP contribution in [0.3, 0.4) is 0 Å². The van der Waals surface area contributed by atoms with Gasteiger partial charge in [0, 0.05) is 25.3 Å². The van der Waals surface area contributed by atoms with Crippen molar-refractivity contribution < 1.29 is 4.39 Å². The Morgan fingerprint density at radius 1 is 1.29 bits per heavy atom. The molecule has 1 aliphatic carbocycles. The summed E-state index contributed by atoms with van der Waals surface area (Å²) in [6.07, 6.45) is 6.78. The van der Waals surface area contributed by atoms with Crippen LogP contribution in [-0.2, 0) is 0 Å². The fraction of sp³-hybridized carbons (Fsp3) is 0.667. The van der Waals surface area contributed by atoms with Crippen LogP contribution in [0.4, 0.5) is 10.1 Å². The van der Waals surface area contributed by atoms with Crippen molar-refractivity contribution in [2.24, 2.45) is 5.92 Å². The van der Waals surface area contributed by atoms with Gasteiger partial charge in [-0.1, -0.05) is 19.3 Å². The van der Waals surface area contributed by atoms with Crippen LogP contribution in [0.5, 0.6) is 0 Å². The van der Waals surface area contributed by atoms with Crippen molar-refractivity contribution in [2.75, 3.05) is 25.5 Å². The van der Waals surface area contributed by atoms with Crippen LogP contribution >= 0.6 is 0 Å². The van der Waals surface area contributed by atoms with E-state index in [4.69, 9.17) is 0 Å². The summed E-state index contributed by atoms with van der Waals surface area (Å²) in [5.41, 5.74) is 2.95. The van der Waals surface area contributed by atoms with Crippen LogP contribution in [0.2, 0.25) is 0 Å². The van der Waals surface area contributed by atoms with Gasteiger partial charge in [0.15, 0.2) is 0 Å². The molecule has 1 aromatic rings. The Hall–Kier alpha value is -1.09. The second-order valence-corrected chi connectivity index (χ2v) is 6.56. The highest BCUT2D eigenvalue weighted by Crippen LogP contribution is 2.31. The Morgan fingerprint density at radius 2 is 1.95 bits per heavy atom. The molecular formula is C18H29FN2. The molecule has 1 unspecified atom stereocenters. The molecule has 1 N–H and O–H groups in total. The average Bonchev–Trinajstić information content (AvgIpc) is 2.49. The van der Waals surface area contributed by atoms with Crippen LogP contribution < -0.4 is 10.2 Å². The van der Waals surface area contributed by atoms with Crippen molar-refractivity contribution in [2.45, 2.75) is 52.0 Å². The number of anilines is 1. The van der Waals surface area contributed by atoms with Gasteiger partial charge in [-0.05, 0) is 62.9 Å². The van der Waals surface area contributed by atoms with Crippen molar-refractivity contribution in [1.82, 2.24) is 5.32 Å². The predicted molar refractivity (Wildman–Crippen MR) is 88.5 cm³/mol. The molecule has 3 heteroatoms. The third-order valence-electron chi connectivity index (χ3n) is 4.88. The standard InChI is InChI=1S/C18H29FN2/c1-13-10-18(16(11-17(13)19)14(2)20-3)21(4)12-15-8-6-5-7-9-15/h10-11,14-15,20H,5-9,12H2,1-4H3. The van der Waals surface area contributed by atoms with E-state index in [0.717, 1.165) is 23.6 Å². The number of halogens is 1. The molecule has 0 heterocycles. The number of rotatable bonds is 5. The zero-order valence-electron chi connectivity index (χ0n) is 13.9. The van der Waals surface area contributed by atoms with Gasteiger partial charge in [0.1, 0.15) is 5.82 Å². The summed E-state index contributed by atoms with van der Waals surface area (Å²) in [7, 11) is 4.07. The molecule has 21 heavy (non-hydrogen) atoms. The van der Waals surface area contributed by atoms with Crippen LogP contribution in [0.25, 0.3) is 0 Å². The van der Waals surface area contributed by atoms with E-state index >= 15 is 0 Å². The molecule has 0 spiro atoms. The zero-order chi connectivity index (χ0) is 15.4. The normalized spacial score (nSPS) is 17.8. The van der Waals surface area contributed by atoms with Gasteiger partial charge in [-0.25, -0.2) is 4.39 Å². The first kappa shape index (κ1) is 16.3. The SMILES string of the molecule is CNC(C)c1cc(F)c(C)cc1N(C)CC1CCCCC1. The lowest BCUT2D eigenvalue weighted by Gasteiger charge is -2.31. The first-order chi connectivity index (χ1) is 10.0. The Balaban J connectivity index is 2.21. The number of hydrogen-bond acceptors (Lipinski definition) is 2. The maximum atomic E-state index is 13.9. The van der Waals surface area contributed by atoms with Gasteiger partial charge in [0.25, 0.3) is 0 Å². The van der Waals surface area contributed by atoms with Gasteiger partial charge in [0.2, 0.25) is 0 Å². The molecular weight excluding hydrogens is 263 g/mol. The van der Waals surface area contributed by atoms with Crippen LogP contribution in [0.1, 0.15) is 56.2 Å². The molecule has 1 aromatic carbocycles. The molecule has 2 nitrogen and oxygen atoms in total. The highest BCUT2D eigenvalue weighted by molar-refractivity contribution is 5.56. The number of aryl methyl sites for hydroxylation is 1. The second-order valence-electron chi connectivity index (χ2n) is 6.56. The fourth-order valence-corrected chi connectivity index (χ4v) is 3.37. The fourth-order valence-electron chi connectivity index (χ4n) is 3.37. The van der Waals surface area contributed by atoms with E-state index < -0.39 is 0 Å². The maximum Gasteiger partial charge on any atom is 0.126 e. The third kappa shape index (κ3) is 3.97. The number of nitrogens with zero attached hydrogens (tertiary/aromatic N) is 1. The molecule has 0 aliphatic heterocycles. The molecule has 0 saturated heterocycles. The Bertz CT molecular complexity index is 467. The molecule has 1 aliphatic rings. The van der Waals surface area contributed by atoms with Gasteiger partial charge in [-0.3, -0.25) is 0 Å². The quantitative estimate of drug-likeness (QED) is 0.863. The van der Waals surface area contributed by atoms with Crippen molar-refractivity contribution in [1.29, 1.82) is 0 Å². The molecule has 2 rings (SSSR count). The molecule has 0 bridgehead atoms. The van der Waals surface area contributed by atoms with Crippen LogP contribution in [-0.4, -0.2) is 20.6 Å². The van der Waals surface area contributed by atoms with E-state index in [9.17, 15) is 4.39 Å². The Morgan fingerprint density at radius 3 is 2.57 bits per heavy atom. The minimum atomic E-state index is -0.109. The zero-order valence-corrected chi connectivity index (χ0v) is 13.9. The summed E-state index contributed by atoms with van der Waals surface area (Å²) in [5, 5.41) is 3.23. The van der Waals surface area contributed by atoms with Gasteiger partial charge in [0.05, 0.1) is 0 Å². The van der Waals surface area contributed by atoms with E-state index in [2.05, 4.69) is 24.2 Å². The summed E-state index contributed by atoms with van der Waals surface area (Å²) < 4.78 is 13.9. The maximum absolute atomic E-state index is 13.9. The van der Waals surface area contributed by atoms with E-state index in [1.165, 1.54) is 37.8 Å². The lowest BCUT2D eigenvalue weighted by molar-refractivity contribution is 0.362. The van der Waals surface area contributed by atoms with Crippen molar-refractivity contribution in [3.63, 3.8) is 0 Å². The second kappa shape index (κ2) is 7.26. The number of benzene rings is 1. The molecule has 0 aromatic heterocycles. The van der Waals surface area contributed by atoms with Gasteiger partial charge < -0.3 is 10.2 Å². The highest BCUT2D eigenvalue weighted by atomic mass is 19.1. The van der Waals surface area contributed by atoms with E-state index in [1.54, 1.807) is 6.07 Å². The molecule has 1 saturated carbocycles. The number of nitrogens with one attached hydrogen (secondary N) is 1. The topological polar surface area (TPSA) is 15.3 Å². The summed E-state index contributed by atoms with van der Waals surface area (Å²) in [6.45, 7) is 5.01. The predicted octanol–water partition coefficient (Wildman–Crippen LogP) is 4.43. The summed E-state index contributed by atoms with van der Waals surface area (Å²) in [6, 6.07) is 3.86. The molecule has 118 valence electrons. The minimum absolute atomic E-state index is 0.109. The smallest absolute Gasteiger partial charge is 0.126 e. The van der Waals surface area contributed by atoms with Gasteiger partial charge >= 0.3 is 0 Å². The summed E-state index contributed by atoms with van der Waals surface area (Å²) in [4.78, 5) is 2.33. The van der Waals surface area contributed by atoms with Gasteiger partial charge in [-0.15, -0.1) is 0 Å². The Labute approximate surface area is 128 Å². The van der Waals surface area contributed by atoms with Crippen molar-refractivity contribution >= 4 is 5.69 Å². The van der Waals surface area contributed by atoms with Gasteiger partial charge in [-0.2, -0.15) is 0 Å². The molecule has 0 radical (unpaired) electrons. The highest BCUT2D eigenvalue weighted by Gasteiger charge is 2.19. The van der Waals surface area contributed by atoms with E-state index in [0.29, 0.717) is 0 Å². The van der Waals surface area contributed by atoms with E-state index in [1.807, 2.05) is 20.0 Å². The molecule has 1 atom stereocenters. The van der Waals surface area contributed by atoms with Crippen LogP contribution in [0, 0.1) is 18.7 Å². The lowest BCUT2D eigenvalue weighted by atomic mass is 9.88. The van der Waals surface area contributed by atoms with E-state index in [-0.39, 0.29) is 11.9 Å². The number of hydrogen-bond donors (Lipinski definition) is 1. The lowest BCUT2D eigenvalue weighted by Crippen LogP contribution is -2.29. The largest absolute Gasteiger partial charge is 0.374 e. The average molecular weight is 292 g/mol. The van der Waals surface area contributed by atoms with Crippen molar-refractivity contribution in [3.8, 4) is 0 Å². The minimum Gasteiger partial charge on any atom is -0.374 e. The Kier molecular flexibility index (Phi) is 5.63. The van der Waals surface area contributed by atoms with Crippen LogP contribution in [0.15, 0.2) is 12.1 Å². The third-order valence-corrected chi connectivity index (χ3v) is 4.88. The summed E-state index contributed by atoms with van der Waals surface area (Å²) >= 11 is 0. The first-order valence-corrected chi connectivity index (χ1v) is 8.21. The summed E-state index contributed by atoms with van der Waals surface area (Å²) in [5.74, 6) is 0.675. The molecule has 0 amide bonds. The first-order valence-electron chi connectivity index (χ1n) is 8.21.